The van der Waals surface area contributed by atoms with Crippen molar-refractivity contribution in [3.63, 3.8) is 0 Å². The Kier molecular flexibility index (Phi) is 4.45. The van der Waals surface area contributed by atoms with Crippen LogP contribution >= 0.6 is 11.6 Å². The minimum absolute atomic E-state index is 0.0688. The second-order valence-corrected chi connectivity index (χ2v) is 3.28. The lowest BCUT2D eigenvalue weighted by Gasteiger charge is -2.10. The van der Waals surface area contributed by atoms with Crippen LogP contribution < -0.4 is 0 Å². The summed E-state index contributed by atoms with van der Waals surface area (Å²) in [4.78, 5) is 10.1. The first-order valence-corrected chi connectivity index (χ1v) is 3.83. The quantitative estimate of drug-likeness (QED) is 0.647. The van der Waals surface area contributed by atoms with Gasteiger partial charge in [-0.2, -0.15) is 0 Å². The highest BCUT2D eigenvalue weighted by molar-refractivity contribution is 6.20. The number of carboxylic acids is 1. The fraction of sp³-hybridized carbons (Fsp3) is 0.857. The average molecular weight is 165 g/mol. The third-order valence-corrected chi connectivity index (χ3v) is 2.03. The minimum atomic E-state index is -0.746. The van der Waals surface area contributed by atoms with Crippen LogP contribution in [0.3, 0.4) is 0 Å². The molecule has 2 nitrogen and oxygen atoms in total. The van der Waals surface area contributed by atoms with Crippen molar-refractivity contribution in [2.24, 2.45) is 5.92 Å². The standard InChI is InChI=1S/C7H13ClO2/c1-5(6(2)8)3-4-7(9)10/h5-6H,3-4H2,1-2H3,(H,9,10). The Labute approximate surface area is 66.2 Å². The second-order valence-electron chi connectivity index (χ2n) is 2.59. The van der Waals surface area contributed by atoms with Crippen LogP contribution in [0.4, 0.5) is 0 Å². The van der Waals surface area contributed by atoms with E-state index in [2.05, 4.69) is 0 Å². The Morgan fingerprint density at radius 2 is 2.10 bits per heavy atom. The molecule has 0 radical (unpaired) electrons. The molecular formula is C7H13ClO2. The van der Waals surface area contributed by atoms with Gasteiger partial charge in [0.15, 0.2) is 0 Å². The summed E-state index contributed by atoms with van der Waals surface area (Å²) in [6.45, 7) is 3.84. The van der Waals surface area contributed by atoms with Crippen LogP contribution in [-0.2, 0) is 4.79 Å². The van der Waals surface area contributed by atoms with Gasteiger partial charge in [0, 0.05) is 11.8 Å². The second kappa shape index (κ2) is 4.56. The van der Waals surface area contributed by atoms with Gasteiger partial charge in [-0.3, -0.25) is 4.79 Å². The van der Waals surface area contributed by atoms with Crippen molar-refractivity contribution in [3.05, 3.63) is 0 Å². The molecule has 0 aromatic heterocycles. The molecule has 0 rings (SSSR count). The molecule has 1 N–H and O–H groups in total. The number of carboxylic acid groups (broad SMARTS) is 1. The van der Waals surface area contributed by atoms with Gasteiger partial charge in [-0.25, -0.2) is 0 Å². The molecule has 2 atom stereocenters. The van der Waals surface area contributed by atoms with E-state index in [4.69, 9.17) is 16.7 Å². The Bertz CT molecular complexity index is 112. The summed E-state index contributed by atoms with van der Waals surface area (Å²) in [5.74, 6) is -0.457. The van der Waals surface area contributed by atoms with Gasteiger partial charge in [0.25, 0.3) is 0 Å². The summed E-state index contributed by atoms with van der Waals surface area (Å²) in [6.07, 6.45) is 0.887. The summed E-state index contributed by atoms with van der Waals surface area (Å²) >= 11 is 5.72. The molecule has 0 saturated heterocycles. The van der Waals surface area contributed by atoms with Crippen molar-refractivity contribution in [1.29, 1.82) is 0 Å². The predicted molar refractivity (Wildman–Crippen MR) is 41.3 cm³/mol. The first kappa shape index (κ1) is 9.76. The highest BCUT2D eigenvalue weighted by Gasteiger charge is 2.09. The number of hydrogen-bond donors (Lipinski definition) is 1. The van der Waals surface area contributed by atoms with E-state index in [-0.39, 0.29) is 17.7 Å². The van der Waals surface area contributed by atoms with E-state index >= 15 is 0 Å². The zero-order valence-electron chi connectivity index (χ0n) is 6.30. The third-order valence-electron chi connectivity index (χ3n) is 1.60. The molecule has 0 aromatic carbocycles. The Hall–Kier alpha value is -0.240. The molecular weight excluding hydrogens is 152 g/mol. The van der Waals surface area contributed by atoms with Crippen molar-refractivity contribution in [2.75, 3.05) is 0 Å². The van der Waals surface area contributed by atoms with Crippen LogP contribution in [-0.4, -0.2) is 16.5 Å². The van der Waals surface area contributed by atoms with Gasteiger partial charge in [0.2, 0.25) is 0 Å². The summed E-state index contributed by atoms with van der Waals surface area (Å²) in [5.41, 5.74) is 0. The van der Waals surface area contributed by atoms with Crippen LogP contribution in [0.15, 0.2) is 0 Å². The fourth-order valence-corrected chi connectivity index (χ4v) is 0.707. The number of rotatable bonds is 4. The zero-order valence-corrected chi connectivity index (χ0v) is 7.06. The SMILES string of the molecule is CC(Cl)C(C)CCC(=O)O. The summed E-state index contributed by atoms with van der Waals surface area (Å²) in [5, 5.41) is 8.37. The molecule has 0 aliphatic carbocycles. The van der Waals surface area contributed by atoms with Crippen LogP contribution in [0, 0.1) is 5.92 Å². The highest BCUT2D eigenvalue weighted by Crippen LogP contribution is 2.14. The van der Waals surface area contributed by atoms with Gasteiger partial charge in [-0.05, 0) is 19.3 Å². The molecule has 10 heavy (non-hydrogen) atoms. The van der Waals surface area contributed by atoms with Gasteiger partial charge in [0.1, 0.15) is 0 Å². The van der Waals surface area contributed by atoms with Gasteiger partial charge < -0.3 is 5.11 Å². The third kappa shape index (κ3) is 4.62. The molecule has 60 valence electrons. The lowest BCUT2D eigenvalue weighted by atomic mass is 10.0. The average Bonchev–Trinajstić information content (AvgIpc) is 1.82. The fourth-order valence-electron chi connectivity index (χ4n) is 0.581. The molecule has 0 fully saturated rings. The van der Waals surface area contributed by atoms with E-state index in [1.165, 1.54) is 0 Å². The maximum Gasteiger partial charge on any atom is 0.303 e. The van der Waals surface area contributed by atoms with Gasteiger partial charge in [-0.1, -0.05) is 6.92 Å². The van der Waals surface area contributed by atoms with Gasteiger partial charge >= 0.3 is 5.97 Å². The first-order valence-electron chi connectivity index (χ1n) is 3.40. The monoisotopic (exact) mass is 164 g/mol. The van der Waals surface area contributed by atoms with Gasteiger partial charge in [0.05, 0.1) is 0 Å². The summed E-state index contributed by atoms with van der Waals surface area (Å²) in [6, 6.07) is 0. The first-order chi connectivity index (χ1) is 4.54. The van der Waals surface area contributed by atoms with Gasteiger partial charge in [-0.15, -0.1) is 11.6 Å². The molecule has 0 heterocycles. The minimum Gasteiger partial charge on any atom is -0.481 e. The largest absolute Gasteiger partial charge is 0.481 e. The number of alkyl halides is 1. The van der Waals surface area contributed by atoms with E-state index in [0.29, 0.717) is 6.42 Å². The summed E-state index contributed by atoms with van der Waals surface area (Å²) < 4.78 is 0. The Morgan fingerprint density at radius 1 is 1.60 bits per heavy atom. The maximum absolute atomic E-state index is 10.1. The number of hydrogen-bond acceptors (Lipinski definition) is 1. The number of aliphatic carboxylic acids is 1. The maximum atomic E-state index is 10.1. The van der Waals surface area contributed by atoms with Crippen LogP contribution in [0.1, 0.15) is 26.7 Å². The molecule has 0 aliphatic rings. The number of carbonyl (C=O) groups is 1. The molecule has 0 spiro atoms. The summed E-state index contributed by atoms with van der Waals surface area (Å²) in [7, 11) is 0. The molecule has 0 amide bonds. The predicted octanol–water partition coefficient (Wildman–Crippen LogP) is 2.11. The van der Waals surface area contributed by atoms with Crippen LogP contribution in [0.2, 0.25) is 0 Å². The van der Waals surface area contributed by atoms with E-state index < -0.39 is 5.97 Å². The molecule has 0 saturated carbocycles. The highest BCUT2D eigenvalue weighted by atomic mass is 35.5. The molecule has 0 aromatic rings. The zero-order chi connectivity index (χ0) is 8.15. The lowest BCUT2D eigenvalue weighted by Crippen LogP contribution is -2.09. The van der Waals surface area contributed by atoms with E-state index in [9.17, 15) is 4.79 Å². The normalized spacial score (nSPS) is 16.3. The Balaban J connectivity index is 3.39. The van der Waals surface area contributed by atoms with E-state index in [0.717, 1.165) is 0 Å². The molecule has 0 aliphatic heterocycles. The van der Waals surface area contributed by atoms with Crippen LogP contribution in [0.5, 0.6) is 0 Å². The molecule has 2 unspecified atom stereocenters. The van der Waals surface area contributed by atoms with Crippen LogP contribution in [0.25, 0.3) is 0 Å². The Morgan fingerprint density at radius 3 is 2.40 bits per heavy atom. The number of halogens is 1. The van der Waals surface area contributed by atoms with Crippen molar-refractivity contribution < 1.29 is 9.90 Å². The van der Waals surface area contributed by atoms with Crippen molar-refractivity contribution in [3.8, 4) is 0 Å². The van der Waals surface area contributed by atoms with Crippen molar-refractivity contribution >= 4 is 17.6 Å². The van der Waals surface area contributed by atoms with Crippen molar-refractivity contribution in [2.45, 2.75) is 32.1 Å². The van der Waals surface area contributed by atoms with Crippen molar-refractivity contribution in [1.82, 2.24) is 0 Å². The molecule has 3 heteroatoms. The molecule has 0 bridgehead atoms. The van der Waals surface area contributed by atoms with E-state index in [1.807, 2.05) is 13.8 Å². The lowest BCUT2D eigenvalue weighted by molar-refractivity contribution is -0.137. The topological polar surface area (TPSA) is 37.3 Å². The smallest absolute Gasteiger partial charge is 0.303 e. The van der Waals surface area contributed by atoms with E-state index in [1.54, 1.807) is 0 Å².